The molecular weight excluding hydrogens is 348 g/mol. The van der Waals surface area contributed by atoms with Crippen molar-refractivity contribution in [2.24, 2.45) is 0 Å². The highest BCUT2D eigenvalue weighted by molar-refractivity contribution is 9.10. The van der Waals surface area contributed by atoms with Crippen molar-refractivity contribution in [1.82, 2.24) is 0 Å². The second-order valence-electron chi connectivity index (χ2n) is 4.52. The van der Waals surface area contributed by atoms with Crippen LogP contribution in [0.15, 0.2) is 53.0 Å². The molecule has 114 valence electrons. The fourth-order valence-corrected chi connectivity index (χ4v) is 2.07. The summed E-state index contributed by atoms with van der Waals surface area (Å²) in [6, 6.07) is 14.0. The van der Waals surface area contributed by atoms with Crippen LogP contribution < -0.4 is 10.6 Å². The Balaban J connectivity index is 2.05. The second kappa shape index (κ2) is 7.72. The van der Waals surface area contributed by atoms with Crippen molar-refractivity contribution < 1.29 is 14.3 Å². The van der Waals surface area contributed by atoms with Crippen molar-refractivity contribution in [2.45, 2.75) is 0 Å². The zero-order chi connectivity index (χ0) is 15.9. The fraction of sp³-hybridized carbons (Fsp3) is 0.125. The summed E-state index contributed by atoms with van der Waals surface area (Å²) >= 11 is 3.32. The lowest BCUT2D eigenvalue weighted by molar-refractivity contribution is -0.119. The first-order valence-corrected chi connectivity index (χ1v) is 7.33. The molecule has 0 radical (unpaired) electrons. The van der Waals surface area contributed by atoms with Gasteiger partial charge in [-0.15, -0.1) is 0 Å². The van der Waals surface area contributed by atoms with Gasteiger partial charge in [-0.25, -0.2) is 0 Å². The monoisotopic (exact) mass is 362 g/mol. The molecular formula is C16H15BrN2O3. The lowest BCUT2D eigenvalue weighted by atomic mass is 10.2. The van der Waals surface area contributed by atoms with Gasteiger partial charge in [-0.05, 0) is 42.5 Å². The molecule has 2 rings (SSSR count). The van der Waals surface area contributed by atoms with E-state index in [2.05, 4.69) is 26.6 Å². The van der Waals surface area contributed by atoms with Crippen molar-refractivity contribution in [2.75, 3.05) is 24.4 Å². The first-order chi connectivity index (χ1) is 10.6. The van der Waals surface area contributed by atoms with Gasteiger partial charge in [0.05, 0.1) is 0 Å². The third kappa shape index (κ3) is 4.68. The standard InChI is InChI=1S/C16H15BrN2O3/c1-22-10-15(20)18-13-3-2-4-14(9-13)19-16(21)11-5-7-12(17)8-6-11/h2-9H,10H2,1H3,(H,18,20)(H,19,21). The molecule has 0 unspecified atom stereocenters. The van der Waals surface area contributed by atoms with Gasteiger partial charge in [-0.3, -0.25) is 9.59 Å². The summed E-state index contributed by atoms with van der Waals surface area (Å²) in [5, 5.41) is 5.47. The third-order valence-corrected chi connectivity index (χ3v) is 3.31. The van der Waals surface area contributed by atoms with Gasteiger partial charge in [0.1, 0.15) is 6.61 Å². The Hall–Kier alpha value is -2.18. The number of nitrogens with one attached hydrogen (secondary N) is 2. The predicted octanol–water partition coefficient (Wildman–Crippen LogP) is 3.29. The van der Waals surface area contributed by atoms with Crippen LogP contribution in [0.5, 0.6) is 0 Å². The Kier molecular flexibility index (Phi) is 5.68. The molecule has 2 aromatic rings. The molecule has 0 bridgehead atoms. The van der Waals surface area contributed by atoms with Crippen LogP contribution in [0.3, 0.4) is 0 Å². The number of anilines is 2. The van der Waals surface area contributed by atoms with Gasteiger partial charge in [0.15, 0.2) is 0 Å². The third-order valence-electron chi connectivity index (χ3n) is 2.79. The molecule has 0 saturated carbocycles. The van der Waals surface area contributed by atoms with Gasteiger partial charge < -0.3 is 15.4 Å². The van der Waals surface area contributed by atoms with Crippen molar-refractivity contribution in [3.05, 3.63) is 58.6 Å². The van der Waals surface area contributed by atoms with Crippen molar-refractivity contribution in [3.8, 4) is 0 Å². The molecule has 0 aliphatic rings. The molecule has 2 amide bonds. The van der Waals surface area contributed by atoms with Gasteiger partial charge in [-0.2, -0.15) is 0 Å². The number of benzene rings is 2. The normalized spacial score (nSPS) is 10.1. The summed E-state index contributed by atoms with van der Waals surface area (Å²) < 4.78 is 5.66. The van der Waals surface area contributed by atoms with Crippen molar-refractivity contribution in [1.29, 1.82) is 0 Å². The Bertz CT molecular complexity index is 671. The van der Waals surface area contributed by atoms with Crippen LogP contribution in [0.4, 0.5) is 11.4 Å². The number of rotatable bonds is 5. The SMILES string of the molecule is COCC(=O)Nc1cccc(NC(=O)c2ccc(Br)cc2)c1. The first kappa shape index (κ1) is 16.2. The molecule has 2 aromatic carbocycles. The van der Waals surface area contributed by atoms with Gasteiger partial charge in [0, 0.05) is 28.5 Å². The minimum absolute atomic E-state index is 0.0184. The quantitative estimate of drug-likeness (QED) is 0.857. The van der Waals surface area contributed by atoms with Crippen LogP contribution in [0.25, 0.3) is 0 Å². The van der Waals surface area contributed by atoms with E-state index in [1.165, 1.54) is 7.11 Å². The highest BCUT2D eigenvalue weighted by Crippen LogP contribution is 2.17. The topological polar surface area (TPSA) is 67.4 Å². The van der Waals surface area contributed by atoms with E-state index in [0.717, 1.165) is 4.47 Å². The van der Waals surface area contributed by atoms with E-state index in [-0.39, 0.29) is 18.4 Å². The molecule has 0 aliphatic carbocycles. The van der Waals surface area contributed by atoms with E-state index in [1.54, 1.807) is 48.5 Å². The molecule has 6 heteroatoms. The molecule has 0 atom stereocenters. The molecule has 0 saturated heterocycles. The molecule has 0 fully saturated rings. The molecule has 0 heterocycles. The Morgan fingerprint density at radius 2 is 1.68 bits per heavy atom. The van der Waals surface area contributed by atoms with Crippen LogP contribution in [0.1, 0.15) is 10.4 Å². The molecule has 0 aromatic heterocycles. The highest BCUT2D eigenvalue weighted by atomic mass is 79.9. The number of halogens is 1. The summed E-state index contributed by atoms with van der Waals surface area (Å²) in [5.74, 6) is -0.466. The van der Waals surface area contributed by atoms with Crippen LogP contribution >= 0.6 is 15.9 Å². The zero-order valence-corrected chi connectivity index (χ0v) is 13.5. The van der Waals surface area contributed by atoms with E-state index in [0.29, 0.717) is 16.9 Å². The first-order valence-electron chi connectivity index (χ1n) is 6.54. The molecule has 22 heavy (non-hydrogen) atoms. The maximum atomic E-state index is 12.1. The van der Waals surface area contributed by atoms with Crippen LogP contribution in [-0.4, -0.2) is 25.5 Å². The number of amides is 2. The van der Waals surface area contributed by atoms with Crippen LogP contribution in [-0.2, 0) is 9.53 Å². The number of hydrogen-bond donors (Lipinski definition) is 2. The van der Waals surface area contributed by atoms with E-state index in [9.17, 15) is 9.59 Å². The summed E-state index contributed by atoms with van der Waals surface area (Å²) in [6.07, 6.45) is 0. The summed E-state index contributed by atoms with van der Waals surface area (Å²) in [7, 11) is 1.45. The van der Waals surface area contributed by atoms with E-state index >= 15 is 0 Å². The number of carbonyl (C=O) groups excluding carboxylic acids is 2. The largest absolute Gasteiger partial charge is 0.375 e. The smallest absolute Gasteiger partial charge is 0.255 e. The summed E-state index contributed by atoms with van der Waals surface area (Å²) in [4.78, 5) is 23.6. The number of hydrogen-bond acceptors (Lipinski definition) is 3. The van der Waals surface area contributed by atoms with Crippen LogP contribution in [0.2, 0.25) is 0 Å². The summed E-state index contributed by atoms with van der Waals surface area (Å²) in [5.41, 5.74) is 1.75. The number of ether oxygens (including phenoxy) is 1. The molecule has 0 aliphatic heterocycles. The van der Waals surface area contributed by atoms with Gasteiger partial charge in [-0.1, -0.05) is 22.0 Å². The minimum atomic E-state index is -0.251. The highest BCUT2D eigenvalue weighted by Gasteiger charge is 2.07. The van der Waals surface area contributed by atoms with Crippen molar-refractivity contribution >= 4 is 39.1 Å². The second-order valence-corrected chi connectivity index (χ2v) is 5.44. The summed E-state index contributed by atoms with van der Waals surface area (Å²) in [6.45, 7) is -0.0184. The lowest BCUT2D eigenvalue weighted by Gasteiger charge is -2.09. The molecule has 2 N–H and O–H groups in total. The van der Waals surface area contributed by atoms with E-state index in [1.807, 2.05) is 0 Å². The zero-order valence-electron chi connectivity index (χ0n) is 11.9. The van der Waals surface area contributed by atoms with Gasteiger partial charge in [0.25, 0.3) is 5.91 Å². The molecule has 5 nitrogen and oxygen atoms in total. The van der Waals surface area contributed by atoms with Crippen molar-refractivity contribution in [3.63, 3.8) is 0 Å². The maximum absolute atomic E-state index is 12.1. The average Bonchev–Trinajstić information content (AvgIpc) is 2.48. The van der Waals surface area contributed by atoms with Gasteiger partial charge in [0.2, 0.25) is 5.91 Å². The van der Waals surface area contributed by atoms with Crippen LogP contribution in [0, 0.1) is 0 Å². The number of carbonyl (C=O) groups is 2. The molecule has 0 spiro atoms. The maximum Gasteiger partial charge on any atom is 0.255 e. The Morgan fingerprint density at radius 1 is 1.05 bits per heavy atom. The Morgan fingerprint density at radius 3 is 2.32 bits per heavy atom. The Labute approximate surface area is 136 Å². The predicted molar refractivity (Wildman–Crippen MR) is 89.0 cm³/mol. The van der Waals surface area contributed by atoms with E-state index < -0.39 is 0 Å². The fourth-order valence-electron chi connectivity index (χ4n) is 1.81. The van der Waals surface area contributed by atoms with Gasteiger partial charge >= 0.3 is 0 Å². The lowest BCUT2D eigenvalue weighted by Crippen LogP contribution is -2.17. The number of methoxy groups -OCH3 is 1. The average molecular weight is 363 g/mol. The minimum Gasteiger partial charge on any atom is -0.375 e. The van der Waals surface area contributed by atoms with E-state index in [4.69, 9.17) is 4.74 Å².